The summed E-state index contributed by atoms with van der Waals surface area (Å²) in [7, 11) is 0. The standard InChI is InChI=1S/C17H17ClFN3O2/c18-16-10-15(22(23)24)11-20-17(16)21-6-4-12(5-7-21)8-13-2-1-3-14(19)9-13/h1-3,9-12H,4-8H2. The van der Waals surface area contributed by atoms with Crippen molar-refractivity contribution in [1.29, 1.82) is 0 Å². The Hall–Kier alpha value is -2.21. The van der Waals surface area contributed by atoms with E-state index in [1.54, 1.807) is 12.1 Å². The van der Waals surface area contributed by atoms with Crippen LogP contribution in [0.2, 0.25) is 5.02 Å². The molecule has 1 saturated heterocycles. The summed E-state index contributed by atoms with van der Waals surface area (Å²) < 4.78 is 13.3. The zero-order chi connectivity index (χ0) is 17.1. The van der Waals surface area contributed by atoms with Crippen LogP contribution in [0.15, 0.2) is 36.5 Å². The normalized spacial score (nSPS) is 15.5. The van der Waals surface area contributed by atoms with Crippen LogP contribution in [-0.2, 0) is 6.42 Å². The largest absolute Gasteiger partial charge is 0.355 e. The summed E-state index contributed by atoms with van der Waals surface area (Å²) in [5.74, 6) is 0.873. The first-order chi connectivity index (χ1) is 11.5. The lowest BCUT2D eigenvalue weighted by Gasteiger charge is -2.33. The van der Waals surface area contributed by atoms with Crippen LogP contribution in [0.3, 0.4) is 0 Å². The number of piperidine rings is 1. The monoisotopic (exact) mass is 349 g/mol. The molecule has 1 aromatic heterocycles. The number of aromatic nitrogens is 1. The fourth-order valence-electron chi connectivity index (χ4n) is 3.10. The fraction of sp³-hybridized carbons (Fsp3) is 0.353. The van der Waals surface area contributed by atoms with Gasteiger partial charge >= 0.3 is 0 Å². The zero-order valence-electron chi connectivity index (χ0n) is 13.0. The third-order valence-electron chi connectivity index (χ3n) is 4.35. The molecule has 2 aromatic rings. The number of pyridine rings is 1. The van der Waals surface area contributed by atoms with E-state index in [2.05, 4.69) is 4.98 Å². The van der Waals surface area contributed by atoms with Crippen molar-refractivity contribution in [1.82, 2.24) is 4.98 Å². The molecule has 24 heavy (non-hydrogen) atoms. The second kappa shape index (κ2) is 7.13. The van der Waals surface area contributed by atoms with E-state index < -0.39 is 4.92 Å². The highest BCUT2D eigenvalue weighted by atomic mass is 35.5. The van der Waals surface area contributed by atoms with E-state index in [-0.39, 0.29) is 11.5 Å². The highest BCUT2D eigenvalue weighted by Gasteiger charge is 2.23. The number of hydrogen-bond acceptors (Lipinski definition) is 4. The topological polar surface area (TPSA) is 59.3 Å². The number of rotatable bonds is 4. The lowest BCUT2D eigenvalue weighted by atomic mass is 9.90. The van der Waals surface area contributed by atoms with Crippen LogP contribution in [0.5, 0.6) is 0 Å². The van der Waals surface area contributed by atoms with Gasteiger partial charge in [-0.05, 0) is 42.9 Å². The molecular weight excluding hydrogens is 333 g/mol. The minimum absolute atomic E-state index is 0.107. The predicted octanol–water partition coefficient (Wildman–Crippen LogP) is 4.24. The second-order valence-corrected chi connectivity index (χ2v) is 6.43. The summed E-state index contributed by atoms with van der Waals surface area (Å²) in [5, 5.41) is 11.0. The minimum atomic E-state index is -0.506. The van der Waals surface area contributed by atoms with E-state index in [1.807, 2.05) is 11.0 Å². The maximum absolute atomic E-state index is 13.3. The lowest BCUT2D eigenvalue weighted by molar-refractivity contribution is -0.385. The van der Waals surface area contributed by atoms with E-state index >= 15 is 0 Å². The van der Waals surface area contributed by atoms with Gasteiger partial charge in [-0.2, -0.15) is 0 Å². The van der Waals surface area contributed by atoms with Gasteiger partial charge in [0.05, 0.1) is 9.95 Å². The Balaban J connectivity index is 1.62. The van der Waals surface area contributed by atoms with Crippen LogP contribution >= 0.6 is 11.6 Å². The number of benzene rings is 1. The Kier molecular flexibility index (Phi) is 4.94. The smallest absolute Gasteiger partial charge is 0.289 e. The van der Waals surface area contributed by atoms with Crippen LogP contribution in [0.25, 0.3) is 0 Å². The third kappa shape index (κ3) is 3.82. The molecule has 0 radical (unpaired) electrons. The van der Waals surface area contributed by atoms with Crippen molar-refractivity contribution in [3.63, 3.8) is 0 Å². The van der Waals surface area contributed by atoms with Crippen LogP contribution in [0.1, 0.15) is 18.4 Å². The van der Waals surface area contributed by atoms with Crippen LogP contribution < -0.4 is 4.90 Å². The molecule has 7 heteroatoms. The first-order valence-electron chi connectivity index (χ1n) is 7.82. The van der Waals surface area contributed by atoms with Crippen molar-refractivity contribution in [2.45, 2.75) is 19.3 Å². The van der Waals surface area contributed by atoms with Crippen LogP contribution in [0, 0.1) is 21.8 Å². The summed E-state index contributed by atoms with van der Waals surface area (Å²) in [6.45, 7) is 1.56. The molecule has 1 fully saturated rings. The molecule has 126 valence electrons. The van der Waals surface area contributed by atoms with Gasteiger partial charge in [0.2, 0.25) is 0 Å². The van der Waals surface area contributed by atoms with E-state index in [0.717, 1.165) is 37.9 Å². The second-order valence-electron chi connectivity index (χ2n) is 6.02. The first kappa shape index (κ1) is 16.6. The van der Waals surface area contributed by atoms with Crippen molar-refractivity contribution in [2.24, 2.45) is 5.92 Å². The Morgan fingerprint density at radius 3 is 2.71 bits per heavy atom. The van der Waals surface area contributed by atoms with Gasteiger partial charge < -0.3 is 4.90 Å². The Bertz CT molecular complexity index is 748. The molecule has 0 spiro atoms. The molecule has 0 N–H and O–H groups in total. The summed E-state index contributed by atoms with van der Waals surface area (Å²) in [5.41, 5.74) is 0.907. The molecule has 3 rings (SSSR count). The molecule has 1 aliphatic heterocycles. The average molecular weight is 350 g/mol. The maximum Gasteiger partial charge on any atom is 0.289 e. The van der Waals surface area contributed by atoms with Crippen LogP contribution in [0.4, 0.5) is 15.9 Å². The molecule has 2 heterocycles. The molecule has 0 aliphatic carbocycles. The fourth-order valence-corrected chi connectivity index (χ4v) is 3.38. The maximum atomic E-state index is 13.3. The Morgan fingerprint density at radius 1 is 1.33 bits per heavy atom. The summed E-state index contributed by atoms with van der Waals surface area (Å²) >= 11 is 6.14. The molecule has 1 aromatic carbocycles. The van der Waals surface area contributed by atoms with Crippen molar-refractivity contribution < 1.29 is 9.31 Å². The summed E-state index contributed by atoms with van der Waals surface area (Å²) in [4.78, 5) is 16.4. The number of nitro groups is 1. The predicted molar refractivity (Wildman–Crippen MR) is 90.9 cm³/mol. The molecule has 0 atom stereocenters. The van der Waals surface area contributed by atoms with Crippen molar-refractivity contribution in [3.8, 4) is 0 Å². The van der Waals surface area contributed by atoms with Gasteiger partial charge in [0, 0.05) is 19.2 Å². The molecule has 0 bridgehead atoms. The van der Waals surface area contributed by atoms with Gasteiger partial charge in [-0.1, -0.05) is 23.7 Å². The molecule has 0 saturated carbocycles. The van der Waals surface area contributed by atoms with Crippen molar-refractivity contribution in [2.75, 3.05) is 18.0 Å². The van der Waals surface area contributed by atoms with E-state index in [1.165, 1.54) is 18.3 Å². The number of nitrogens with zero attached hydrogens (tertiary/aromatic N) is 3. The van der Waals surface area contributed by atoms with E-state index in [0.29, 0.717) is 16.8 Å². The SMILES string of the molecule is O=[N+]([O-])c1cnc(N2CCC(Cc3cccc(F)c3)CC2)c(Cl)c1. The number of halogens is 2. The quantitative estimate of drug-likeness (QED) is 0.612. The Labute approximate surface area is 144 Å². The van der Waals surface area contributed by atoms with E-state index in [4.69, 9.17) is 11.6 Å². The molecule has 0 unspecified atom stereocenters. The summed E-state index contributed by atoms with van der Waals surface area (Å²) in [6, 6.07) is 8.06. The highest BCUT2D eigenvalue weighted by molar-refractivity contribution is 6.33. The minimum Gasteiger partial charge on any atom is -0.355 e. The van der Waals surface area contributed by atoms with Gasteiger partial charge in [-0.3, -0.25) is 10.1 Å². The zero-order valence-corrected chi connectivity index (χ0v) is 13.7. The van der Waals surface area contributed by atoms with Crippen molar-refractivity contribution >= 4 is 23.1 Å². The van der Waals surface area contributed by atoms with E-state index in [9.17, 15) is 14.5 Å². The molecule has 1 aliphatic rings. The van der Waals surface area contributed by atoms with Gasteiger partial charge in [0.25, 0.3) is 5.69 Å². The molecule has 5 nitrogen and oxygen atoms in total. The van der Waals surface area contributed by atoms with Gasteiger partial charge in [0.15, 0.2) is 0 Å². The van der Waals surface area contributed by atoms with Crippen LogP contribution in [-0.4, -0.2) is 23.0 Å². The summed E-state index contributed by atoms with van der Waals surface area (Å²) in [6.07, 6.45) is 3.99. The first-order valence-corrected chi connectivity index (χ1v) is 8.20. The third-order valence-corrected chi connectivity index (χ3v) is 4.62. The van der Waals surface area contributed by atoms with Gasteiger partial charge in [-0.15, -0.1) is 0 Å². The number of anilines is 1. The molecular formula is C17H17ClFN3O2. The average Bonchev–Trinajstić information content (AvgIpc) is 2.55. The Morgan fingerprint density at radius 2 is 2.08 bits per heavy atom. The highest BCUT2D eigenvalue weighted by Crippen LogP contribution is 2.31. The lowest BCUT2D eigenvalue weighted by Crippen LogP contribution is -2.35. The molecule has 0 amide bonds. The van der Waals surface area contributed by atoms with Gasteiger partial charge in [-0.25, -0.2) is 9.37 Å². The van der Waals surface area contributed by atoms with Crippen molar-refractivity contribution in [3.05, 3.63) is 63.0 Å². The number of hydrogen-bond donors (Lipinski definition) is 0. The van der Waals surface area contributed by atoms with Gasteiger partial charge in [0.1, 0.15) is 17.8 Å².